The van der Waals surface area contributed by atoms with Crippen LogP contribution in [0.25, 0.3) is 11.1 Å². The third-order valence-electron chi connectivity index (χ3n) is 3.26. The van der Waals surface area contributed by atoms with E-state index < -0.39 is 5.97 Å². The Bertz CT molecular complexity index is 742. The molecule has 6 nitrogen and oxygen atoms in total. The number of rotatable bonds is 5. The van der Waals surface area contributed by atoms with Crippen LogP contribution in [0.4, 0.5) is 0 Å². The van der Waals surface area contributed by atoms with Gasteiger partial charge in [-0.2, -0.15) is 0 Å². The average Bonchev–Trinajstić information content (AvgIpc) is 2.86. The summed E-state index contributed by atoms with van der Waals surface area (Å²) in [6.45, 7) is 0. The molecule has 0 saturated heterocycles. The number of hydrogen-bond donors (Lipinski definition) is 1. The molecule has 0 aliphatic rings. The van der Waals surface area contributed by atoms with Crippen LogP contribution in [0.15, 0.2) is 12.1 Å². The molecule has 1 aromatic carbocycles. The van der Waals surface area contributed by atoms with Crippen LogP contribution in [0.1, 0.15) is 10.5 Å². The number of halogens is 2. The highest BCUT2D eigenvalue weighted by Crippen LogP contribution is 2.48. The second kappa shape index (κ2) is 7.02. The maximum Gasteiger partial charge on any atom is 0.356 e. The Hall–Kier alpha value is -2.05. The molecule has 0 aliphatic heterocycles. The first kappa shape index (κ1) is 17.3. The summed E-state index contributed by atoms with van der Waals surface area (Å²) in [5, 5.41) is 0.313. The molecule has 1 N–H and O–H groups in total. The minimum absolute atomic E-state index is 0.0611. The van der Waals surface area contributed by atoms with Gasteiger partial charge in [0.15, 0.2) is 11.5 Å². The smallest absolute Gasteiger partial charge is 0.356 e. The Balaban J connectivity index is 2.73. The lowest BCUT2D eigenvalue weighted by Gasteiger charge is -2.15. The predicted molar refractivity (Wildman–Crippen MR) is 87.2 cm³/mol. The summed E-state index contributed by atoms with van der Waals surface area (Å²) < 4.78 is 20.7. The van der Waals surface area contributed by atoms with Crippen LogP contribution in [0, 0.1) is 0 Å². The fourth-order valence-electron chi connectivity index (χ4n) is 2.23. The van der Waals surface area contributed by atoms with Crippen molar-refractivity contribution in [2.45, 2.75) is 0 Å². The monoisotopic (exact) mass is 359 g/mol. The van der Waals surface area contributed by atoms with Gasteiger partial charge in [-0.05, 0) is 12.1 Å². The summed E-state index contributed by atoms with van der Waals surface area (Å²) in [4.78, 5) is 14.4. The summed E-state index contributed by atoms with van der Waals surface area (Å²) in [5.41, 5.74) is 1.02. The van der Waals surface area contributed by atoms with Crippen molar-refractivity contribution >= 4 is 29.2 Å². The molecule has 23 heavy (non-hydrogen) atoms. The van der Waals surface area contributed by atoms with Gasteiger partial charge in [-0.15, -0.1) is 0 Å². The Labute approximate surface area is 143 Å². The zero-order valence-electron chi connectivity index (χ0n) is 13.0. The summed E-state index contributed by atoms with van der Waals surface area (Å²) in [6, 6.07) is 3.40. The predicted octanol–water partition coefficient (Wildman–Crippen LogP) is 3.80. The molecule has 0 radical (unpaired) electrons. The van der Waals surface area contributed by atoms with Gasteiger partial charge in [0, 0.05) is 11.1 Å². The summed E-state index contributed by atoms with van der Waals surface area (Å²) in [5.74, 6) is 0.637. The van der Waals surface area contributed by atoms with Crippen LogP contribution < -0.4 is 14.2 Å². The van der Waals surface area contributed by atoms with Gasteiger partial charge < -0.3 is 23.9 Å². The second-order valence-electron chi connectivity index (χ2n) is 4.38. The van der Waals surface area contributed by atoms with E-state index >= 15 is 0 Å². The first-order valence-electron chi connectivity index (χ1n) is 6.44. The maximum absolute atomic E-state index is 11.7. The molecule has 1 heterocycles. The van der Waals surface area contributed by atoms with Gasteiger partial charge in [0.1, 0.15) is 10.8 Å². The number of aromatic amines is 1. The topological polar surface area (TPSA) is 69.8 Å². The highest BCUT2D eigenvalue weighted by molar-refractivity contribution is 6.41. The van der Waals surface area contributed by atoms with Gasteiger partial charge in [-0.25, -0.2) is 4.79 Å². The number of carbonyl (C=O) groups is 1. The Morgan fingerprint density at radius 3 is 2.17 bits per heavy atom. The number of aromatic nitrogens is 1. The fourth-order valence-corrected chi connectivity index (χ4v) is 2.89. The number of carbonyl (C=O) groups excluding carboxylic acids is 1. The van der Waals surface area contributed by atoms with Gasteiger partial charge in [0.05, 0.1) is 33.5 Å². The molecule has 1 aromatic heterocycles. The number of benzene rings is 1. The molecule has 0 spiro atoms. The average molecular weight is 360 g/mol. The molecule has 0 fully saturated rings. The van der Waals surface area contributed by atoms with Crippen molar-refractivity contribution in [3.05, 3.63) is 28.0 Å². The van der Waals surface area contributed by atoms with E-state index in [1.807, 2.05) is 0 Å². The molecule has 8 heteroatoms. The quantitative estimate of drug-likeness (QED) is 0.822. The Morgan fingerprint density at radius 1 is 1.00 bits per heavy atom. The van der Waals surface area contributed by atoms with Crippen LogP contribution in [0.3, 0.4) is 0 Å². The lowest BCUT2D eigenvalue weighted by atomic mass is 10.1. The molecule has 2 rings (SSSR count). The lowest BCUT2D eigenvalue weighted by Crippen LogP contribution is -2.02. The number of hydrogen-bond acceptors (Lipinski definition) is 5. The van der Waals surface area contributed by atoms with Crippen LogP contribution in [0.2, 0.25) is 10.2 Å². The highest BCUT2D eigenvalue weighted by atomic mass is 35.5. The zero-order valence-corrected chi connectivity index (χ0v) is 14.5. The maximum atomic E-state index is 11.7. The SMILES string of the molecule is COC(=O)c1[nH]c(Cl)c(-c2ccc(OC)c(OC)c2OC)c1Cl. The van der Waals surface area contributed by atoms with Crippen molar-refractivity contribution in [1.29, 1.82) is 0 Å². The Kier molecular flexibility index (Phi) is 5.28. The minimum Gasteiger partial charge on any atom is -0.493 e. The van der Waals surface area contributed by atoms with E-state index in [9.17, 15) is 4.79 Å². The van der Waals surface area contributed by atoms with E-state index in [1.54, 1.807) is 12.1 Å². The standard InChI is InChI=1S/C15H15Cl2NO5/c1-20-8-6-5-7(12(21-2)13(8)22-3)9-10(16)11(15(19)23-4)18-14(9)17/h5-6,18H,1-4H3. The molecular weight excluding hydrogens is 345 g/mol. The van der Waals surface area contributed by atoms with E-state index in [2.05, 4.69) is 9.72 Å². The molecule has 0 amide bonds. The van der Waals surface area contributed by atoms with E-state index in [4.69, 9.17) is 37.4 Å². The molecule has 0 atom stereocenters. The van der Waals surface area contributed by atoms with Crippen molar-refractivity contribution in [1.82, 2.24) is 4.98 Å². The van der Waals surface area contributed by atoms with E-state index in [-0.39, 0.29) is 15.9 Å². The van der Waals surface area contributed by atoms with Crippen LogP contribution >= 0.6 is 23.2 Å². The normalized spacial score (nSPS) is 10.3. The number of methoxy groups -OCH3 is 4. The lowest BCUT2D eigenvalue weighted by molar-refractivity contribution is 0.0595. The molecule has 0 saturated carbocycles. The van der Waals surface area contributed by atoms with Gasteiger partial charge >= 0.3 is 5.97 Å². The largest absolute Gasteiger partial charge is 0.493 e. The molecule has 0 aliphatic carbocycles. The number of H-pyrrole nitrogens is 1. The van der Waals surface area contributed by atoms with E-state index in [0.29, 0.717) is 28.4 Å². The van der Waals surface area contributed by atoms with E-state index in [0.717, 1.165) is 0 Å². The van der Waals surface area contributed by atoms with Gasteiger partial charge in [0.25, 0.3) is 0 Å². The van der Waals surface area contributed by atoms with Crippen LogP contribution in [-0.2, 0) is 4.74 Å². The first-order valence-corrected chi connectivity index (χ1v) is 7.20. The molecule has 124 valence electrons. The molecule has 0 bridgehead atoms. The fraction of sp³-hybridized carbons (Fsp3) is 0.267. The molecule has 0 unspecified atom stereocenters. The van der Waals surface area contributed by atoms with Gasteiger partial charge in [-0.3, -0.25) is 0 Å². The van der Waals surface area contributed by atoms with Crippen molar-refractivity contribution in [2.24, 2.45) is 0 Å². The van der Waals surface area contributed by atoms with Crippen LogP contribution in [0.5, 0.6) is 17.2 Å². The Morgan fingerprint density at radius 2 is 1.65 bits per heavy atom. The van der Waals surface area contributed by atoms with Crippen LogP contribution in [-0.4, -0.2) is 39.4 Å². The second-order valence-corrected chi connectivity index (χ2v) is 5.13. The summed E-state index contributed by atoms with van der Waals surface area (Å²) in [6.07, 6.45) is 0. The molecular formula is C15H15Cl2NO5. The van der Waals surface area contributed by atoms with Gasteiger partial charge in [0.2, 0.25) is 5.75 Å². The van der Waals surface area contributed by atoms with Crippen molar-refractivity contribution in [3.8, 4) is 28.4 Å². The number of nitrogens with one attached hydrogen (secondary N) is 1. The molecule has 2 aromatic rings. The van der Waals surface area contributed by atoms with Crippen molar-refractivity contribution in [2.75, 3.05) is 28.4 Å². The summed E-state index contributed by atoms with van der Waals surface area (Å²) in [7, 11) is 5.74. The highest BCUT2D eigenvalue weighted by Gasteiger charge is 2.26. The van der Waals surface area contributed by atoms with Crippen molar-refractivity contribution < 1.29 is 23.7 Å². The minimum atomic E-state index is -0.623. The van der Waals surface area contributed by atoms with Crippen molar-refractivity contribution in [3.63, 3.8) is 0 Å². The van der Waals surface area contributed by atoms with E-state index in [1.165, 1.54) is 28.4 Å². The third kappa shape index (κ3) is 2.92. The zero-order chi connectivity index (χ0) is 17.1. The number of ether oxygens (including phenoxy) is 4. The van der Waals surface area contributed by atoms with Gasteiger partial charge in [-0.1, -0.05) is 23.2 Å². The summed E-state index contributed by atoms with van der Waals surface area (Å²) >= 11 is 12.5. The third-order valence-corrected chi connectivity index (χ3v) is 3.92. The number of esters is 1. The first-order chi connectivity index (χ1) is 11.0.